The second-order valence-corrected chi connectivity index (χ2v) is 7.50. The summed E-state index contributed by atoms with van der Waals surface area (Å²) in [6.45, 7) is 1.17. The maximum Gasteiger partial charge on any atom is 0.416 e. The minimum absolute atomic E-state index is 0.0114. The van der Waals surface area contributed by atoms with Crippen molar-refractivity contribution in [3.05, 3.63) is 76.9 Å². The highest BCUT2D eigenvalue weighted by molar-refractivity contribution is 6.10. The van der Waals surface area contributed by atoms with Gasteiger partial charge in [-0.1, -0.05) is 18.2 Å². The first-order chi connectivity index (χ1) is 14.1. The quantitative estimate of drug-likeness (QED) is 0.590. The van der Waals surface area contributed by atoms with Gasteiger partial charge in [0.25, 0.3) is 5.91 Å². The maximum absolute atomic E-state index is 15.5. The van der Waals surface area contributed by atoms with Crippen LogP contribution in [-0.2, 0) is 31.9 Å². The molecule has 2 aromatic carbocycles. The molecule has 0 aliphatic carbocycles. The predicted octanol–water partition coefficient (Wildman–Crippen LogP) is 4.42. The normalized spacial score (nSPS) is 15.9. The number of carbonyl (C=O) groups is 1. The van der Waals surface area contributed by atoms with Gasteiger partial charge in [0.15, 0.2) is 0 Å². The van der Waals surface area contributed by atoms with E-state index in [0.29, 0.717) is 17.1 Å². The molecule has 156 valence electrons. The molecule has 5 nitrogen and oxygen atoms in total. The van der Waals surface area contributed by atoms with E-state index in [9.17, 15) is 18.0 Å². The number of rotatable bonds is 4. The third kappa shape index (κ3) is 3.44. The fraction of sp³-hybridized carbons (Fsp3) is 0.286. The molecule has 1 aromatic heterocycles. The highest BCUT2D eigenvalue weighted by Gasteiger charge is 2.40. The van der Waals surface area contributed by atoms with E-state index in [-0.39, 0.29) is 24.1 Å². The van der Waals surface area contributed by atoms with Crippen LogP contribution in [0, 0.1) is 0 Å². The molecule has 1 aliphatic heterocycles. The van der Waals surface area contributed by atoms with Crippen molar-refractivity contribution in [1.82, 2.24) is 14.8 Å². The molecule has 1 amide bonds. The van der Waals surface area contributed by atoms with E-state index < -0.39 is 23.3 Å². The Morgan fingerprint density at radius 2 is 1.83 bits per heavy atom. The molecule has 0 fully saturated rings. The maximum atomic E-state index is 15.5. The largest absolute Gasteiger partial charge is 0.416 e. The lowest BCUT2D eigenvalue weighted by Gasteiger charge is -2.23. The first-order valence-corrected chi connectivity index (χ1v) is 9.21. The summed E-state index contributed by atoms with van der Waals surface area (Å²) < 4.78 is 57.1. The van der Waals surface area contributed by atoms with Crippen molar-refractivity contribution < 1.29 is 22.4 Å². The minimum atomic E-state index is -4.56. The third-order valence-corrected chi connectivity index (χ3v) is 5.33. The Morgan fingerprint density at radius 3 is 2.50 bits per heavy atom. The highest BCUT2D eigenvalue weighted by atomic mass is 19.4. The molecule has 30 heavy (non-hydrogen) atoms. The topological polar surface area (TPSA) is 51.0 Å². The van der Waals surface area contributed by atoms with Gasteiger partial charge in [0.2, 0.25) is 0 Å². The van der Waals surface area contributed by atoms with Crippen LogP contribution in [-0.4, -0.2) is 20.7 Å². The van der Waals surface area contributed by atoms with Crippen LogP contribution in [0.15, 0.2) is 48.8 Å². The van der Waals surface area contributed by atoms with E-state index in [1.54, 1.807) is 29.8 Å². The number of amides is 1. The zero-order valence-corrected chi connectivity index (χ0v) is 16.2. The molecular formula is C21H18F4N4O. The van der Waals surface area contributed by atoms with Gasteiger partial charge in [-0.15, -0.1) is 10.2 Å². The Kier molecular flexibility index (Phi) is 4.63. The van der Waals surface area contributed by atoms with Crippen molar-refractivity contribution in [3.8, 4) is 0 Å². The van der Waals surface area contributed by atoms with Crippen LogP contribution < -0.4 is 4.90 Å². The summed E-state index contributed by atoms with van der Waals surface area (Å²) >= 11 is 0. The van der Waals surface area contributed by atoms with Crippen molar-refractivity contribution in [3.63, 3.8) is 0 Å². The molecule has 1 aliphatic rings. The van der Waals surface area contributed by atoms with Gasteiger partial charge < -0.3 is 9.47 Å². The molecule has 4 rings (SSSR count). The van der Waals surface area contributed by atoms with E-state index in [0.717, 1.165) is 6.07 Å². The van der Waals surface area contributed by atoms with Crippen LogP contribution in [0.4, 0.5) is 23.2 Å². The van der Waals surface area contributed by atoms with Crippen molar-refractivity contribution >= 4 is 11.6 Å². The van der Waals surface area contributed by atoms with Gasteiger partial charge in [-0.05, 0) is 42.3 Å². The summed E-state index contributed by atoms with van der Waals surface area (Å²) in [5.41, 5.74) is -2.07. The zero-order valence-electron chi connectivity index (χ0n) is 16.2. The van der Waals surface area contributed by atoms with Crippen LogP contribution in [0.1, 0.15) is 39.8 Å². The summed E-state index contributed by atoms with van der Waals surface area (Å²) in [6, 6.07) is 9.80. The molecule has 9 heteroatoms. The molecule has 0 radical (unpaired) electrons. The standard InChI is InChI=1S/C21H18F4N4O/c1-20(22,10-18-27-26-12-28(18)2)13-5-3-6-14(9-13)29-11-16-15(19(29)30)7-4-8-17(16)21(23,24)25/h3-9,12H,10-11H2,1-2H3/t20-/m1/s1. The molecule has 1 atom stereocenters. The SMILES string of the molecule is Cn1cnnc1C[C@@](C)(F)c1cccc(N2Cc3c(cccc3C(F)(F)F)C2=O)c1. The van der Waals surface area contributed by atoms with Crippen LogP contribution in [0.3, 0.4) is 0 Å². The van der Waals surface area contributed by atoms with Gasteiger partial charge in [0.1, 0.15) is 17.8 Å². The Hall–Kier alpha value is -3.23. The molecule has 3 aromatic rings. The van der Waals surface area contributed by atoms with Crippen molar-refractivity contribution in [2.45, 2.75) is 31.7 Å². The Labute approximate surface area is 170 Å². The number of hydrogen-bond acceptors (Lipinski definition) is 3. The van der Waals surface area contributed by atoms with E-state index in [2.05, 4.69) is 10.2 Å². The van der Waals surface area contributed by atoms with Crippen LogP contribution in [0.25, 0.3) is 0 Å². The van der Waals surface area contributed by atoms with Crippen LogP contribution in [0.5, 0.6) is 0 Å². The molecule has 0 unspecified atom stereocenters. The second-order valence-electron chi connectivity index (χ2n) is 7.50. The van der Waals surface area contributed by atoms with Crippen LogP contribution in [0.2, 0.25) is 0 Å². The highest BCUT2D eigenvalue weighted by Crippen LogP contribution is 2.39. The molecular weight excluding hydrogens is 400 g/mol. The fourth-order valence-electron chi connectivity index (χ4n) is 3.67. The third-order valence-electron chi connectivity index (χ3n) is 5.33. The molecule has 0 bridgehead atoms. The van der Waals surface area contributed by atoms with Crippen LogP contribution >= 0.6 is 0 Å². The van der Waals surface area contributed by atoms with Gasteiger partial charge in [0.05, 0.1) is 12.1 Å². The van der Waals surface area contributed by atoms with Gasteiger partial charge in [-0.2, -0.15) is 13.2 Å². The van der Waals surface area contributed by atoms with Gasteiger partial charge in [0, 0.05) is 24.7 Å². The lowest BCUT2D eigenvalue weighted by atomic mass is 9.93. The smallest absolute Gasteiger partial charge is 0.321 e. The number of alkyl halides is 4. The minimum Gasteiger partial charge on any atom is -0.321 e. The number of hydrogen-bond donors (Lipinski definition) is 0. The second kappa shape index (κ2) is 6.93. The number of aryl methyl sites for hydroxylation is 1. The fourth-order valence-corrected chi connectivity index (χ4v) is 3.67. The molecule has 0 saturated heterocycles. The number of halogens is 4. The number of carbonyl (C=O) groups excluding carboxylic acids is 1. The van der Waals surface area contributed by atoms with Crippen molar-refractivity contribution in [1.29, 1.82) is 0 Å². The van der Waals surface area contributed by atoms with Gasteiger partial charge in [-0.25, -0.2) is 4.39 Å². The first-order valence-electron chi connectivity index (χ1n) is 9.21. The lowest BCUT2D eigenvalue weighted by Crippen LogP contribution is -2.25. The number of aromatic nitrogens is 3. The summed E-state index contributed by atoms with van der Waals surface area (Å²) in [5, 5.41) is 7.64. The van der Waals surface area contributed by atoms with Gasteiger partial charge in [-0.3, -0.25) is 4.79 Å². The van der Waals surface area contributed by atoms with E-state index in [1.165, 1.54) is 36.4 Å². The van der Waals surface area contributed by atoms with Crippen molar-refractivity contribution in [2.24, 2.45) is 7.05 Å². The summed E-state index contributed by atoms with van der Waals surface area (Å²) in [4.78, 5) is 14.0. The first kappa shape index (κ1) is 20.1. The monoisotopic (exact) mass is 418 g/mol. The molecule has 0 N–H and O–H groups in total. The molecule has 2 heterocycles. The number of fused-ring (bicyclic) bond motifs is 1. The molecule has 0 spiro atoms. The lowest BCUT2D eigenvalue weighted by molar-refractivity contribution is -0.138. The average molecular weight is 418 g/mol. The zero-order chi connectivity index (χ0) is 21.7. The summed E-state index contributed by atoms with van der Waals surface area (Å²) in [6.07, 6.45) is -3.13. The van der Waals surface area contributed by atoms with E-state index in [1.807, 2.05) is 0 Å². The Morgan fingerprint density at radius 1 is 1.10 bits per heavy atom. The summed E-state index contributed by atoms with van der Waals surface area (Å²) in [7, 11) is 1.71. The van der Waals surface area contributed by atoms with E-state index >= 15 is 4.39 Å². The Bertz CT molecular complexity index is 1120. The van der Waals surface area contributed by atoms with Crippen molar-refractivity contribution in [2.75, 3.05) is 4.90 Å². The average Bonchev–Trinajstić information content (AvgIpc) is 3.24. The number of nitrogens with zero attached hydrogens (tertiary/aromatic N) is 4. The summed E-state index contributed by atoms with van der Waals surface area (Å²) in [5.74, 6) is -0.0908. The number of benzene rings is 2. The molecule has 0 saturated carbocycles. The Balaban J connectivity index is 1.66. The van der Waals surface area contributed by atoms with E-state index in [4.69, 9.17) is 0 Å². The van der Waals surface area contributed by atoms with Gasteiger partial charge >= 0.3 is 6.18 Å². The predicted molar refractivity (Wildman–Crippen MR) is 102 cm³/mol. The number of anilines is 1.